The van der Waals surface area contributed by atoms with Crippen LogP contribution in [0.15, 0.2) is 21.9 Å². The van der Waals surface area contributed by atoms with Gasteiger partial charge in [-0.15, -0.1) is 0 Å². The Morgan fingerprint density at radius 3 is 2.95 bits per heavy atom. The predicted octanol–water partition coefficient (Wildman–Crippen LogP) is -1.95. The van der Waals surface area contributed by atoms with Gasteiger partial charge in [0.25, 0.3) is 5.56 Å². The van der Waals surface area contributed by atoms with E-state index in [1.54, 1.807) is 0 Å². The van der Waals surface area contributed by atoms with E-state index in [0.29, 0.717) is 0 Å². The van der Waals surface area contributed by atoms with Crippen molar-refractivity contribution in [2.45, 2.75) is 24.5 Å². The van der Waals surface area contributed by atoms with E-state index in [1.807, 2.05) is 0 Å². The van der Waals surface area contributed by atoms with Crippen LogP contribution in [0.3, 0.4) is 0 Å². The minimum absolute atomic E-state index is 0.0584. The van der Waals surface area contributed by atoms with Gasteiger partial charge in [-0.05, 0) is 0 Å². The molecule has 1 unspecified atom stereocenters. The Hall–Kier alpha value is -1.03. The Kier molecular flexibility index (Phi) is 3.32. The number of aliphatic hydroxyl groups is 1. The number of H-pyrrole nitrogens is 1. The number of aromatic amines is 1. The molecule has 9 nitrogen and oxygen atoms in total. The highest BCUT2D eigenvalue weighted by molar-refractivity contribution is 7.85. The standard InChI is InChI=1S/C9H11BN2O7P/c10-20(16)17-3-4-7(19-20)6(14)8(18-4)12-2-1-5(13)11-9(12)15/h1-2,4,6-8,14,16H,3H2,(H,11,13,15)/q+1/t4-,6-,7-,8-,20?/m1/s1. The average molecular weight is 301 g/mol. The quantitative estimate of drug-likeness (QED) is 0.407. The van der Waals surface area contributed by atoms with Crippen LogP contribution in [0, 0.1) is 0 Å². The molecule has 106 valence electrons. The van der Waals surface area contributed by atoms with Crippen molar-refractivity contribution in [3.63, 3.8) is 0 Å². The van der Waals surface area contributed by atoms with Crippen LogP contribution in [0.5, 0.6) is 0 Å². The Labute approximate surface area is 114 Å². The minimum atomic E-state index is -3.47. The van der Waals surface area contributed by atoms with Crippen LogP contribution in [-0.4, -0.2) is 52.0 Å². The van der Waals surface area contributed by atoms with E-state index >= 15 is 0 Å². The lowest BCUT2D eigenvalue weighted by Gasteiger charge is -2.27. The van der Waals surface area contributed by atoms with E-state index in [0.717, 1.165) is 10.6 Å². The summed E-state index contributed by atoms with van der Waals surface area (Å²) in [6.45, 7) is -0.0584. The van der Waals surface area contributed by atoms with Gasteiger partial charge < -0.3 is 9.84 Å². The normalized spacial score (nSPS) is 40.5. The number of aliphatic hydroxyl groups excluding tert-OH is 1. The molecule has 0 aliphatic carbocycles. The highest BCUT2D eigenvalue weighted by Gasteiger charge is 2.56. The Balaban J connectivity index is 1.90. The van der Waals surface area contributed by atoms with E-state index in [2.05, 4.69) is 4.98 Å². The van der Waals surface area contributed by atoms with Gasteiger partial charge in [0.2, 0.25) is 0 Å². The largest absolute Gasteiger partial charge is 0.488 e. The molecule has 1 aromatic heterocycles. The lowest BCUT2D eigenvalue weighted by Crippen LogP contribution is -2.41. The number of nitrogens with one attached hydrogen (secondary N) is 1. The van der Waals surface area contributed by atoms with Gasteiger partial charge in [0.05, 0.1) is 0 Å². The highest BCUT2D eigenvalue weighted by Crippen LogP contribution is 2.58. The summed E-state index contributed by atoms with van der Waals surface area (Å²) in [5, 5.41) is 10.2. The van der Waals surface area contributed by atoms with Crippen molar-refractivity contribution in [3.05, 3.63) is 33.1 Å². The van der Waals surface area contributed by atoms with Crippen LogP contribution in [0.1, 0.15) is 6.23 Å². The molecule has 0 spiro atoms. The van der Waals surface area contributed by atoms with Crippen LogP contribution in [-0.2, 0) is 13.8 Å². The van der Waals surface area contributed by atoms with E-state index in [4.69, 9.17) is 21.4 Å². The molecule has 3 heterocycles. The van der Waals surface area contributed by atoms with Crippen molar-refractivity contribution in [1.82, 2.24) is 9.55 Å². The second kappa shape index (κ2) is 4.76. The third-order valence-electron chi connectivity index (χ3n) is 3.13. The zero-order valence-electron chi connectivity index (χ0n) is 10.1. The van der Waals surface area contributed by atoms with Crippen LogP contribution in [0.25, 0.3) is 0 Å². The van der Waals surface area contributed by atoms with Gasteiger partial charge in [-0.3, -0.25) is 14.3 Å². The fraction of sp³-hybridized carbons (Fsp3) is 0.556. The van der Waals surface area contributed by atoms with Crippen molar-refractivity contribution >= 4 is 15.4 Å². The maximum absolute atomic E-state index is 11.7. The number of hydrogen-bond donors (Lipinski definition) is 3. The van der Waals surface area contributed by atoms with Crippen LogP contribution < -0.4 is 11.2 Å². The molecule has 0 aromatic carbocycles. The summed E-state index contributed by atoms with van der Waals surface area (Å²) in [6, 6.07) is 1.13. The first-order valence-electron chi connectivity index (χ1n) is 5.76. The Morgan fingerprint density at radius 2 is 2.25 bits per heavy atom. The molecule has 2 aliphatic heterocycles. The number of fused-ring (bicyclic) bond motifs is 1. The lowest BCUT2D eigenvalue weighted by atomic mass is 10.1. The summed E-state index contributed by atoms with van der Waals surface area (Å²) in [7, 11) is 1.90. The SMILES string of the molecule is [B][P+]1(O)OC[C@H]2O[C@@H](n3ccc(=O)[nH]c3=O)[C@H](O)[C@@H]2O1. The molecular weight excluding hydrogens is 290 g/mol. The van der Waals surface area contributed by atoms with E-state index in [-0.39, 0.29) is 6.61 Å². The fourth-order valence-electron chi connectivity index (χ4n) is 2.23. The molecule has 2 radical (unpaired) electrons. The Morgan fingerprint density at radius 1 is 1.50 bits per heavy atom. The first kappa shape index (κ1) is 13.9. The van der Waals surface area contributed by atoms with Gasteiger partial charge in [-0.2, -0.15) is 9.05 Å². The molecule has 5 atom stereocenters. The molecule has 1 aromatic rings. The summed E-state index contributed by atoms with van der Waals surface area (Å²) in [4.78, 5) is 34.3. The van der Waals surface area contributed by atoms with Gasteiger partial charge in [-0.25, -0.2) is 9.69 Å². The second-order valence-electron chi connectivity index (χ2n) is 4.50. The van der Waals surface area contributed by atoms with Crippen LogP contribution >= 0.6 is 7.82 Å². The number of rotatable bonds is 1. The zero-order chi connectivity index (χ0) is 14.5. The molecule has 0 saturated carbocycles. The molecule has 3 rings (SSSR count). The highest BCUT2D eigenvalue weighted by atomic mass is 31.2. The third-order valence-corrected chi connectivity index (χ3v) is 4.20. The zero-order valence-corrected chi connectivity index (χ0v) is 11.0. The average Bonchev–Trinajstić information content (AvgIpc) is 2.66. The van der Waals surface area contributed by atoms with Crippen molar-refractivity contribution in [1.29, 1.82) is 0 Å². The smallest absolute Gasteiger partial charge is 0.385 e. The predicted molar refractivity (Wildman–Crippen MR) is 67.0 cm³/mol. The molecule has 2 saturated heterocycles. The lowest BCUT2D eigenvalue weighted by molar-refractivity contribution is -0.0630. The molecule has 0 bridgehead atoms. The third kappa shape index (κ3) is 2.35. The maximum Gasteiger partial charge on any atom is 0.488 e. The number of nitrogens with zero attached hydrogens (tertiary/aromatic N) is 1. The van der Waals surface area contributed by atoms with Gasteiger partial charge >= 0.3 is 21.1 Å². The second-order valence-corrected chi connectivity index (χ2v) is 6.10. The van der Waals surface area contributed by atoms with E-state index in [1.165, 1.54) is 6.20 Å². The van der Waals surface area contributed by atoms with Gasteiger partial charge in [0.1, 0.15) is 18.8 Å². The minimum Gasteiger partial charge on any atom is -0.385 e. The summed E-state index contributed by atoms with van der Waals surface area (Å²) < 4.78 is 16.5. The van der Waals surface area contributed by atoms with E-state index < -0.39 is 43.6 Å². The van der Waals surface area contributed by atoms with Crippen molar-refractivity contribution < 1.29 is 23.8 Å². The fourth-order valence-corrected chi connectivity index (χ4v) is 3.26. The number of aromatic nitrogens is 2. The van der Waals surface area contributed by atoms with Gasteiger partial charge in [-0.1, -0.05) is 0 Å². The molecule has 0 amide bonds. The van der Waals surface area contributed by atoms with Gasteiger partial charge in [0, 0.05) is 12.3 Å². The van der Waals surface area contributed by atoms with Gasteiger partial charge in [0.15, 0.2) is 12.3 Å². The molecular formula is C9H11BN2O7P+. The molecule has 11 heteroatoms. The molecule has 2 aliphatic rings. The molecule has 20 heavy (non-hydrogen) atoms. The monoisotopic (exact) mass is 301 g/mol. The topological polar surface area (TPSA) is 123 Å². The first-order valence-corrected chi connectivity index (χ1v) is 7.40. The van der Waals surface area contributed by atoms with Crippen molar-refractivity contribution in [2.24, 2.45) is 0 Å². The van der Waals surface area contributed by atoms with Crippen molar-refractivity contribution in [3.8, 4) is 0 Å². The van der Waals surface area contributed by atoms with Crippen LogP contribution in [0.2, 0.25) is 0 Å². The Bertz CT molecular complexity index is 631. The molecule has 2 fully saturated rings. The first-order chi connectivity index (χ1) is 9.37. The summed E-state index contributed by atoms with van der Waals surface area (Å²) in [6.07, 6.45) is -2.66. The van der Waals surface area contributed by atoms with Crippen LogP contribution in [0.4, 0.5) is 0 Å². The molecule has 3 N–H and O–H groups in total. The summed E-state index contributed by atoms with van der Waals surface area (Å²) in [5.41, 5.74) is -1.28. The van der Waals surface area contributed by atoms with E-state index in [9.17, 15) is 19.6 Å². The number of ether oxygens (including phenoxy) is 1. The summed E-state index contributed by atoms with van der Waals surface area (Å²) in [5.74, 6) is 0. The van der Waals surface area contributed by atoms with Crippen molar-refractivity contribution in [2.75, 3.05) is 6.61 Å². The number of hydrogen-bond acceptors (Lipinski definition) is 7. The maximum atomic E-state index is 11.7. The summed E-state index contributed by atoms with van der Waals surface area (Å²) >= 11 is 0.